The Morgan fingerprint density at radius 2 is 1.90 bits per heavy atom. The third kappa shape index (κ3) is 4.06. The number of anilines is 2. The first-order valence-corrected chi connectivity index (χ1v) is 7.68. The summed E-state index contributed by atoms with van der Waals surface area (Å²) in [6, 6.07) is 6.56. The van der Waals surface area contributed by atoms with E-state index in [0.29, 0.717) is 17.1 Å². The second kappa shape index (κ2) is 5.94. The fraction of sp³-hybridized carbons (Fsp3) is 0.647. The van der Waals surface area contributed by atoms with Crippen molar-refractivity contribution in [2.45, 2.75) is 65.5 Å². The molecule has 1 fully saturated rings. The predicted molar refractivity (Wildman–Crippen MR) is 86.3 cm³/mol. The summed E-state index contributed by atoms with van der Waals surface area (Å²) in [6.45, 7) is 8.76. The van der Waals surface area contributed by atoms with Gasteiger partial charge in [-0.2, -0.15) is 0 Å². The largest absolute Gasteiger partial charge is 0.489 e. The number of ether oxygens (including phenoxy) is 1. The molecule has 112 valence electrons. The molecule has 1 aromatic rings. The van der Waals surface area contributed by atoms with Gasteiger partial charge in [-0.25, -0.2) is 0 Å². The van der Waals surface area contributed by atoms with E-state index in [4.69, 9.17) is 10.5 Å². The molecule has 0 spiro atoms. The predicted octanol–water partition coefficient (Wildman–Crippen LogP) is 4.44. The van der Waals surface area contributed by atoms with Crippen molar-refractivity contribution in [3.63, 3.8) is 0 Å². The first-order chi connectivity index (χ1) is 9.35. The zero-order valence-electron chi connectivity index (χ0n) is 13.2. The van der Waals surface area contributed by atoms with E-state index < -0.39 is 0 Å². The van der Waals surface area contributed by atoms with E-state index in [1.807, 2.05) is 32.0 Å². The smallest absolute Gasteiger partial charge is 0.144 e. The average molecular weight is 276 g/mol. The zero-order valence-corrected chi connectivity index (χ0v) is 13.2. The van der Waals surface area contributed by atoms with Gasteiger partial charge in [-0.15, -0.1) is 0 Å². The molecule has 0 saturated heterocycles. The van der Waals surface area contributed by atoms with Gasteiger partial charge in [-0.3, -0.25) is 0 Å². The fourth-order valence-corrected chi connectivity index (χ4v) is 2.76. The van der Waals surface area contributed by atoms with Gasteiger partial charge in [0.25, 0.3) is 0 Å². The topological polar surface area (TPSA) is 47.3 Å². The fourth-order valence-electron chi connectivity index (χ4n) is 2.76. The third-order valence-electron chi connectivity index (χ3n) is 4.09. The van der Waals surface area contributed by atoms with Crippen LogP contribution in [0.3, 0.4) is 0 Å². The Kier molecular flexibility index (Phi) is 4.46. The van der Waals surface area contributed by atoms with Crippen LogP contribution >= 0.6 is 0 Å². The van der Waals surface area contributed by atoms with Crippen LogP contribution in [-0.2, 0) is 0 Å². The molecular weight excluding hydrogens is 248 g/mol. The highest BCUT2D eigenvalue weighted by Crippen LogP contribution is 2.36. The van der Waals surface area contributed by atoms with Crippen LogP contribution in [0.5, 0.6) is 5.75 Å². The molecule has 2 rings (SSSR count). The molecular formula is C17H28N2O. The van der Waals surface area contributed by atoms with Gasteiger partial charge < -0.3 is 15.8 Å². The number of nitrogens with one attached hydrogen (secondary N) is 1. The van der Waals surface area contributed by atoms with Crippen LogP contribution in [0.15, 0.2) is 18.2 Å². The molecule has 0 unspecified atom stereocenters. The first-order valence-electron chi connectivity index (χ1n) is 7.68. The van der Waals surface area contributed by atoms with Crippen LogP contribution in [-0.4, -0.2) is 12.1 Å². The minimum absolute atomic E-state index is 0.142. The third-order valence-corrected chi connectivity index (χ3v) is 4.09. The summed E-state index contributed by atoms with van der Waals surface area (Å²) in [5.41, 5.74) is 8.27. The number of benzene rings is 1. The quantitative estimate of drug-likeness (QED) is 0.799. The summed E-state index contributed by atoms with van der Waals surface area (Å²) < 4.78 is 5.74. The molecule has 0 heterocycles. The first kappa shape index (κ1) is 15.0. The van der Waals surface area contributed by atoms with Crippen LogP contribution in [0.25, 0.3) is 0 Å². The molecule has 3 nitrogen and oxygen atoms in total. The molecule has 3 N–H and O–H groups in total. The lowest BCUT2D eigenvalue weighted by Gasteiger charge is -2.35. The summed E-state index contributed by atoms with van der Waals surface area (Å²) in [7, 11) is 0. The van der Waals surface area contributed by atoms with E-state index in [9.17, 15) is 0 Å². The highest BCUT2D eigenvalue weighted by atomic mass is 16.5. The van der Waals surface area contributed by atoms with E-state index in [0.717, 1.165) is 11.4 Å². The number of hydrogen-bond donors (Lipinski definition) is 2. The summed E-state index contributed by atoms with van der Waals surface area (Å²) >= 11 is 0. The van der Waals surface area contributed by atoms with E-state index >= 15 is 0 Å². The maximum atomic E-state index is 5.95. The molecule has 1 saturated carbocycles. The van der Waals surface area contributed by atoms with Crippen molar-refractivity contribution in [1.82, 2.24) is 0 Å². The standard InChI is InChI=1S/C17H28N2O/c1-12(2)20-16-11-14(5-6-15(16)18)19-13-7-9-17(3,4)10-8-13/h5-6,11-13,19H,7-10,18H2,1-4H3. The molecule has 1 aliphatic carbocycles. The van der Waals surface area contributed by atoms with Crippen molar-refractivity contribution in [3.8, 4) is 5.75 Å². The van der Waals surface area contributed by atoms with Gasteiger partial charge in [-0.05, 0) is 57.1 Å². The van der Waals surface area contributed by atoms with Gasteiger partial charge >= 0.3 is 0 Å². The van der Waals surface area contributed by atoms with Crippen molar-refractivity contribution in [2.24, 2.45) is 5.41 Å². The maximum Gasteiger partial charge on any atom is 0.144 e. The Morgan fingerprint density at radius 1 is 1.25 bits per heavy atom. The van der Waals surface area contributed by atoms with E-state index in [-0.39, 0.29) is 6.10 Å². The van der Waals surface area contributed by atoms with E-state index in [2.05, 4.69) is 19.2 Å². The van der Waals surface area contributed by atoms with Crippen molar-refractivity contribution in [1.29, 1.82) is 0 Å². The van der Waals surface area contributed by atoms with Crippen molar-refractivity contribution < 1.29 is 4.74 Å². The minimum atomic E-state index is 0.142. The lowest BCUT2D eigenvalue weighted by atomic mass is 9.75. The average Bonchev–Trinajstić information content (AvgIpc) is 2.35. The number of nitrogens with two attached hydrogens (primary N) is 1. The van der Waals surface area contributed by atoms with Crippen LogP contribution in [0, 0.1) is 5.41 Å². The Hall–Kier alpha value is -1.38. The Bertz CT molecular complexity index is 444. The van der Waals surface area contributed by atoms with E-state index in [1.54, 1.807) is 0 Å². The van der Waals surface area contributed by atoms with Crippen molar-refractivity contribution >= 4 is 11.4 Å². The summed E-state index contributed by atoms with van der Waals surface area (Å²) in [6.07, 6.45) is 5.18. The molecule has 0 atom stereocenters. The zero-order chi connectivity index (χ0) is 14.8. The Labute approximate surface area is 122 Å². The maximum absolute atomic E-state index is 5.95. The minimum Gasteiger partial charge on any atom is -0.489 e. The highest BCUT2D eigenvalue weighted by Gasteiger charge is 2.26. The molecule has 3 heteroatoms. The van der Waals surface area contributed by atoms with Crippen LogP contribution in [0.4, 0.5) is 11.4 Å². The second-order valence-electron chi connectivity index (χ2n) is 7.00. The van der Waals surface area contributed by atoms with Crippen molar-refractivity contribution in [3.05, 3.63) is 18.2 Å². The molecule has 20 heavy (non-hydrogen) atoms. The number of hydrogen-bond acceptors (Lipinski definition) is 3. The molecule has 1 aromatic carbocycles. The normalized spacial score (nSPS) is 19.1. The molecule has 0 amide bonds. The molecule has 1 aliphatic rings. The molecule has 0 radical (unpaired) electrons. The highest BCUT2D eigenvalue weighted by molar-refractivity contribution is 5.61. The summed E-state index contributed by atoms with van der Waals surface area (Å²) in [5, 5.41) is 3.62. The summed E-state index contributed by atoms with van der Waals surface area (Å²) in [5.74, 6) is 0.779. The van der Waals surface area contributed by atoms with Gasteiger partial charge in [-0.1, -0.05) is 13.8 Å². The van der Waals surface area contributed by atoms with Gasteiger partial charge in [0.15, 0.2) is 0 Å². The van der Waals surface area contributed by atoms with Crippen molar-refractivity contribution in [2.75, 3.05) is 11.1 Å². The van der Waals surface area contributed by atoms with Crippen LogP contribution < -0.4 is 15.8 Å². The molecule has 0 aromatic heterocycles. The second-order valence-corrected chi connectivity index (χ2v) is 7.00. The lowest BCUT2D eigenvalue weighted by Crippen LogP contribution is -2.29. The van der Waals surface area contributed by atoms with Gasteiger partial charge in [0.1, 0.15) is 5.75 Å². The Balaban J connectivity index is 1.99. The van der Waals surface area contributed by atoms with Crippen LogP contribution in [0.1, 0.15) is 53.4 Å². The number of nitrogen functional groups attached to an aromatic ring is 1. The monoisotopic (exact) mass is 276 g/mol. The lowest BCUT2D eigenvalue weighted by molar-refractivity contribution is 0.232. The van der Waals surface area contributed by atoms with E-state index in [1.165, 1.54) is 25.7 Å². The van der Waals surface area contributed by atoms with Crippen LogP contribution in [0.2, 0.25) is 0 Å². The summed E-state index contributed by atoms with van der Waals surface area (Å²) in [4.78, 5) is 0. The molecule has 0 bridgehead atoms. The Morgan fingerprint density at radius 3 is 2.50 bits per heavy atom. The van der Waals surface area contributed by atoms with Gasteiger partial charge in [0, 0.05) is 17.8 Å². The SMILES string of the molecule is CC(C)Oc1cc(NC2CCC(C)(C)CC2)ccc1N. The van der Waals surface area contributed by atoms with Gasteiger partial charge in [0.05, 0.1) is 11.8 Å². The molecule has 0 aliphatic heterocycles. The van der Waals surface area contributed by atoms with Gasteiger partial charge in [0.2, 0.25) is 0 Å². The number of rotatable bonds is 4.